The van der Waals surface area contributed by atoms with Crippen LogP contribution in [0.25, 0.3) is 0 Å². The van der Waals surface area contributed by atoms with Crippen LogP contribution in [0.5, 0.6) is 0 Å². The molecule has 8 nitrogen and oxygen atoms in total. The number of benzene rings is 2. The third kappa shape index (κ3) is 4.62. The largest absolute Gasteiger partial charge is 0.368 e. The first-order valence-electron chi connectivity index (χ1n) is 11.1. The number of sulfonamides is 1. The SMILES string of the molecule is Cc1ccccc1CNC(=O)c1cc(S(=O)(=O)N2CCc3ccccc3C2)c(C)n1CC(N)=O. The van der Waals surface area contributed by atoms with Crippen molar-refractivity contribution in [1.82, 2.24) is 14.2 Å². The molecule has 2 aromatic carbocycles. The van der Waals surface area contributed by atoms with Gasteiger partial charge in [0.15, 0.2) is 0 Å². The molecule has 0 fully saturated rings. The number of carbonyl (C=O) groups excluding carboxylic acids is 2. The number of nitrogens with zero attached hydrogens (tertiary/aromatic N) is 2. The number of carbonyl (C=O) groups is 2. The van der Waals surface area contributed by atoms with Crippen LogP contribution < -0.4 is 11.1 Å². The van der Waals surface area contributed by atoms with Gasteiger partial charge in [0.2, 0.25) is 15.9 Å². The van der Waals surface area contributed by atoms with E-state index in [1.807, 2.05) is 55.5 Å². The minimum Gasteiger partial charge on any atom is -0.368 e. The number of aryl methyl sites for hydroxylation is 1. The Morgan fingerprint density at radius 3 is 2.41 bits per heavy atom. The minimum absolute atomic E-state index is 0.00849. The van der Waals surface area contributed by atoms with E-state index in [4.69, 9.17) is 5.73 Å². The molecule has 0 atom stereocenters. The topological polar surface area (TPSA) is 114 Å². The lowest BCUT2D eigenvalue weighted by atomic mass is 10.0. The minimum atomic E-state index is -3.90. The summed E-state index contributed by atoms with van der Waals surface area (Å²) in [6.45, 7) is 4.12. The fraction of sp³-hybridized carbons (Fsp3) is 0.280. The van der Waals surface area contributed by atoms with Gasteiger partial charge >= 0.3 is 0 Å². The maximum atomic E-state index is 13.6. The van der Waals surface area contributed by atoms with E-state index in [0.29, 0.717) is 18.7 Å². The lowest BCUT2D eigenvalue weighted by Gasteiger charge is -2.28. The second kappa shape index (κ2) is 9.44. The van der Waals surface area contributed by atoms with Gasteiger partial charge in [0.05, 0.1) is 0 Å². The van der Waals surface area contributed by atoms with Gasteiger partial charge in [-0.1, -0.05) is 48.5 Å². The van der Waals surface area contributed by atoms with Crippen molar-refractivity contribution in [2.24, 2.45) is 5.73 Å². The normalized spacial score (nSPS) is 13.9. The van der Waals surface area contributed by atoms with E-state index in [0.717, 1.165) is 22.3 Å². The van der Waals surface area contributed by atoms with Crippen molar-refractivity contribution in [2.75, 3.05) is 6.54 Å². The molecule has 0 saturated carbocycles. The molecule has 1 aliphatic heterocycles. The lowest BCUT2D eigenvalue weighted by Crippen LogP contribution is -2.36. The van der Waals surface area contributed by atoms with Crippen molar-refractivity contribution in [3.8, 4) is 0 Å². The second-order valence-corrected chi connectivity index (χ2v) is 10.4. The molecule has 0 bridgehead atoms. The highest BCUT2D eigenvalue weighted by atomic mass is 32.2. The second-order valence-electron chi connectivity index (χ2n) is 8.50. The monoisotopic (exact) mass is 480 g/mol. The summed E-state index contributed by atoms with van der Waals surface area (Å²) < 4.78 is 30.0. The number of fused-ring (bicyclic) bond motifs is 1. The highest BCUT2D eigenvalue weighted by Crippen LogP contribution is 2.29. The molecular formula is C25H28N4O4S. The van der Waals surface area contributed by atoms with Crippen molar-refractivity contribution in [2.45, 2.75) is 44.8 Å². The number of nitrogens with two attached hydrogens (primary N) is 1. The average Bonchev–Trinajstić information content (AvgIpc) is 3.14. The van der Waals surface area contributed by atoms with Gasteiger partial charge in [0, 0.05) is 25.3 Å². The van der Waals surface area contributed by atoms with Crippen molar-refractivity contribution in [3.05, 3.63) is 88.2 Å². The molecule has 0 unspecified atom stereocenters. The fourth-order valence-electron chi connectivity index (χ4n) is 4.32. The van der Waals surface area contributed by atoms with Crippen LogP contribution in [-0.2, 0) is 40.9 Å². The molecule has 3 N–H and O–H groups in total. The van der Waals surface area contributed by atoms with E-state index in [9.17, 15) is 18.0 Å². The van der Waals surface area contributed by atoms with E-state index >= 15 is 0 Å². The Labute approximate surface area is 199 Å². The third-order valence-electron chi connectivity index (χ3n) is 6.28. The summed E-state index contributed by atoms with van der Waals surface area (Å²) in [5.41, 5.74) is 9.86. The van der Waals surface area contributed by atoms with Gasteiger partial charge < -0.3 is 15.6 Å². The molecule has 0 saturated heterocycles. The van der Waals surface area contributed by atoms with Gasteiger partial charge in [-0.25, -0.2) is 8.42 Å². The molecular weight excluding hydrogens is 452 g/mol. The maximum absolute atomic E-state index is 13.6. The van der Waals surface area contributed by atoms with Gasteiger partial charge in [0.1, 0.15) is 17.1 Å². The zero-order valence-corrected chi connectivity index (χ0v) is 20.1. The molecule has 1 aliphatic rings. The molecule has 34 heavy (non-hydrogen) atoms. The summed E-state index contributed by atoms with van der Waals surface area (Å²) >= 11 is 0. The number of primary amides is 1. The van der Waals surface area contributed by atoms with E-state index in [1.54, 1.807) is 6.92 Å². The molecule has 0 spiro atoms. The van der Waals surface area contributed by atoms with Crippen molar-refractivity contribution in [3.63, 3.8) is 0 Å². The Bertz CT molecular complexity index is 1360. The molecule has 178 valence electrons. The highest BCUT2D eigenvalue weighted by Gasteiger charge is 2.33. The smallest absolute Gasteiger partial charge is 0.268 e. The van der Waals surface area contributed by atoms with Crippen LogP contribution in [0.15, 0.2) is 59.5 Å². The van der Waals surface area contributed by atoms with E-state index < -0.39 is 21.8 Å². The van der Waals surface area contributed by atoms with Gasteiger partial charge in [-0.2, -0.15) is 4.31 Å². The number of hydrogen-bond donors (Lipinski definition) is 2. The number of rotatable bonds is 7. The Morgan fingerprint density at radius 2 is 1.71 bits per heavy atom. The van der Waals surface area contributed by atoms with Gasteiger partial charge in [-0.3, -0.25) is 9.59 Å². The summed E-state index contributed by atoms with van der Waals surface area (Å²) in [6, 6.07) is 16.8. The van der Waals surface area contributed by atoms with Gasteiger partial charge in [-0.05, 0) is 48.6 Å². The number of aromatic nitrogens is 1. The van der Waals surface area contributed by atoms with Crippen molar-refractivity contribution >= 4 is 21.8 Å². The van der Waals surface area contributed by atoms with Crippen molar-refractivity contribution in [1.29, 1.82) is 0 Å². The van der Waals surface area contributed by atoms with Crippen molar-refractivity contribution < 1.29 is 18.0 Å². The Kier molecular flexibility index (Phi) is 6.58. The van der Waals surface area contributed by atoms with Gasteiger partial charge in [-0.15, -0.1) is 0 Å². The van der Waals surface area contributed by atoms with E-state index in [1.165, 1.54) is 14.9 Å². The highest BCUT2D eigenvalue weighted by molar-refractivity contribution is 7.89. The van der Waals surface area contributed by atoms with Crippen LogP contribution in [0.3, 0.4) is 0 Å². The number of amides is 2. The summed E-state index contributed by atoms with van der Waals surface area (Å²) in [5.74, 6) is -1.14. The Balaban J connectivity index is 1.65. The molecule has 0 radical (unpaired) electrons. The van der Waals surface area contributed by atoms with Crippen LogP contribution in [0.4, 0.5) is 0 Å². The van der Waals surface area contributed by atoms with Crippen LogP contribution in [0.2, 0.25) is 0 Å². The molecule has 2 heterocycles. The first-order valence-corrected chi connectivity index (χ1v) is 12.5. The molecule has 1 aromatic heterocycles. The molecule has 4 rings (SSSR count). The average molecular weight is 481 g/mol. The molecule has 2 amide bonds. The third-order valence-corrected chi connectivity index (χ3v) is 8.24. The molecule has 9 heteroatoms. The quantitative estimate of drug-likeness (QED) is 0.540. The maximum Gasteiger partial charge on any atom is 0.268 e. The summed E-state index contributed by atoms with van der Waals surface area (Å²) in [7, 11) is -3.90. The number of nitrogens with one attached hydrogen (secondary N) is 1. The lowest BCUT2D eigenvalue weighted by molar-refractivity contribution is -0.118. The number of hydrogen-bond acceptors (Lipinski definition) is 4. The van der Waals surface area contributed by atoms with E-state index in [2.05, 4.69) is 5.32 Å². The van der Waals surface area contributed by atoms with Crippen LogP contribution in [0, 0.1) is 13.8 Å². The zero-order valence-electron chi connectivity index (χ0n) is 19.2. The predicted octanol–water partition coefficient (Wildman–Crippen LogP) is 2.27. The van der Waals surface area contributed by atoms with E-state index in [-0.39, 0.29) is 30.2 Å². The van der Waals surface area contributed by atoms with Crippen LogP contribution in [0.1, 0.15) is 38.4 Å². The van der Waals surface area contributed by atoms with Crippen LogP contribution >= 0.6 is 0 Å². The Hall–Kier alpha value is -3.43. The Morgan fingerprint density at radius 1 is 1.03 bits per heavy atom. The summed E-state index contributed by atoms with van der Waals surface area (Å²) in [5, 5.41) is 2.83. The zero-order chi connectivity index (χ0) is 24.5. The van der Waals surface area contributed by atoms with Gasteiger partial charge in [0.25, 0.3) is 5.91 Å². The standard InChI is InChI=1S/C25H28N4O4S/c1-17-7-3-4-9-20(17)14-27-25(31)22-13-23(18(2)29(22)16-24(26)30)34(32,33)28-12-11-19-8-5-6-10-21(19)15-28/h3-10,13H,11-12,14-16H2,1-2H3,(H2,26,30)(H,27,31). The van der Waals surface area contributed by atoms with Crippen LogP contribution in [-0.4, -0.2) is 35.6 Å². The first kappa shape index (κ1) is 23.7. The first-order chi connectivity index (χ1) is 16.2. The predicted molar refractivity (Wildman–Crippen MR) is 128 cm³/mol. The molecule has 0 aliphatic carbocycles. The summed E-state index contributed by atoms with van der Waals surface area (Å²) in [4.78, 5) is 24.8. The summed E-state index contributed by atoms with van der Waals surface area (Å²) in [6.07, 6.45) is 0.611. The molecule has 3 aromatic rings. The fourth-order valence-corrected chi connectivity index (χ4v) is 5.98.